The standard InChI is InChI=1S/C11H14O4S/c1-2-14-11(13)6-9(12)7-16-8-10-4-3-5-15-10/h3-5H,2,6-8H2,1H3. The Bertz CT molecular complexity index is 332. The highest BCUT2D eigenvalue weighted by Crippen LogP contribution is 2.12. The summed E-state index contributed by atoms with van der Waals surface area (Å²) in [6.07, 6.45) is 1.45. The van der Waals surface area contributed by atoms with E-state index in [9.17, 15) is 9.59 Å². The Balaban J connectivity index is 2.13. The first-order valence-corrected chi connectivity index (χ1v) is 6.15. The van der Waals surface area contributed by atoms with Crippen molar-refractivity contribution >= 4 is 23.5 Å². The number of carbonyl (C=O) groups excluding carboxylic acids is 2. The fraction of sp³-hybridized carbons (Fsp3) is 0.455. The molecular weight excluding hydrogens is 228 g/mol. The van der Waals surface area contributed by atoms with Crippen LogP contribution in [0.5, 0.6) is 0 Å². The summed E-state index contributed by atoms with van der Waals surface area (Å²) in [6, 6.07) is 3.65. The van der Waals surface area contributed by atoms with E-state index in [4.69, 9.17) is 4.42 Å². The van der Waals surface area contributed by atoms with Gasteiger partial charge in [0.15, 0.2) is 5.78 Å². The maximum Gasteiger partial charge on any atom is 0.313 e. The molecular formula is C11H14O4S. The fourth-order valence-electron chi connectivity index (χ4n) is 1.08. The Morgan fingerprint density at radius 3 is 2.94 bits per heavy atom. The molecule has 0 aliphatic rings. The smallest absolute Gasteiger partial charge is 0.313 e. The van der Waals surface area contributed by atoms with Crippen molar-refractivity contribution in [1.82, 2.24) is 0 Å². The van der Waals surface area contributed by atoms with E-state index in [0.29, 0.717) is 18.1 Å². The lowest BCUT2D eigenvalue weighted by molar-refractivity contribution is -0.145. The van der Waals surface area contributed by atoms with Crippen molar-refractivity contribution in [3.63, 3.8) is 0 Å². The second-order valence-electron chi connectivity index (χ2n) is 3.09. The molecule has 0 N–H and O–H groups in total. The lowest BCUT2D eigenvalue weighted by Gasteiger charge is -2.00. The number of hydrogen-bond acceptors (Lipinski definition) is 5. The molecule has 0 spiro atoms. The van der Waals surface area contributed by atoms with Gasteiger partial charge in [-0.2, -0.15) is 0 Å². The molecule has 1 rings (SSSR count). The molecule has 0 saturated carbocycles. The number of hydrogen-bond donors (Lipinski definition) is 0. The van der Waals surface area contributed by atoms with E-state index in [2.05, 4.69) is 4.74 Å². The Labute approximate surface area is 98.3 Å². The van der Waals surface area contributed by atoms with Crippen molar-refractivity contribution in [3.05, 3.63) is 24.2 Å². The Hall–Kier alpha value is -1.23. The molecule has 0 radical (unpaired) electrons. The number of rotatable bonds is 7. The van der Waals surface area contributed by atoms with Crippen LogP contribution in [0, 0.1) is 0 Å². The van der Waals surface area contributed by atoms with Gasteiger partial charge in [0.2, 0.25) is 0 Å². The number of carbonyl (C=O) groups is 2. The van der Waals surface area contributed by atoms with Gasteiger partial charge in [0.1, 0.15) is 12.2 Å². The SMILES string of the molecule is CCOC(=O)CC(=O)CSCc1ccco1. The van der Waals surface area contributed by atoms with Gasteiger partial charge in [-0.05, 0) is 19.1 Å². The van der Waals surface area contributed by atoms with Crippen LogP contribution in [-0.4, -0.2) is 24.1 Å². The Morgan fingerprint density at radius 1 is 1.50 bits per heavy atom. The first kappa shape index (κ1) is 12.8. The minimum Gasteiger partial charge on any atom is -0.468 e. The summed E-state index contributed by atoms with van der Waals surface area (Å²) < 4.78 is 9.79. The number of ether oxygens (including phenoxy) is 1. The van der Waals surface area contributed by atoms with Gasteiger partial charge in [-0.15, -0.1) is 11.8 Å². The second kappa shape index (κ2) is 7.11. The molecule has 0 aliphatic carbocycles. The van der Waals surface area contributed by atoms with Crippen LogP contribution in [0.15, 0.2) is 22.8 Å². The van der Waals surface area contributed by atoms with Crippen LogP contribution < -0.4 is 0 Å². The van der Waals surface area contributed by atoms with E-state index in [-0.39, 0.29) is 12.2 Å². The third-order valence-corrected chi connectivity index (χ3v) is 2.75. The molecule has 1 aromatic heterocycles. The average molecular weight is 242 g/mol. The Kier molecular flexibility index (Phi) is 5.71. The van der Waals surface area contributed by atoms with Crippen molar-refractivity contribution in [2.75, 3.05) is 12.4 Å². The first-order valence-electron chi connectivity index (χ1n) is 4.99. The van der Waals surface area contributed by atoms with Gasteiger partial charge in [0.05, 0.1) is 24.4 Å². The summed E-state index contributed by atoms with van der Waals surface area (Å²) in [5, 5.41) is 0. The quantitative estimate of drug-likeness (QED) is 0.541. The zero-order chi connectivity index (χ0) is 11.8. The minimum absolute atomic E-state index is 0.116. The van der Waals surface area contributed by atoms with E-state index in [1.54, 1.807) is 19.3 Å². The van der Waals surface area contributed by atoms with Crippen LogP contribution in [0.25, 0.3) is 0 Å². The molecule has 0 atom stereocenters. The zero-order valence-corrected chi connectivity index (χ0v) is 9.92. The van der Waals surface area contributed by atoms with E-state index in [0.717, 1.165) is 5.76 Å². The topological polar surface area (TPSA) is 56.5 Å². The van der Waals surface area contributed by atoms with Crippen molar-refractivity contribution in [2.45, 2.75) is 19.1 Å². The third kappa shape index (κ3) is 5.02. The van der Waals surface area contributed by atoms with Crippen molar-refractivity contribution in [1.29, 1.82) is 0 Å². The maximum absolute atomic E-state index is 11.3. The van der Waals surface area contributed by atoms with E-state index >= 15 is 0 Å². The lowest BCUT2D eigenvalue weighted by atomic mass is 10.3. The second-order valence-corrected chi connectivity index (χ2v) is 4.08. The Morgan fingerprint density at radius 2 is 2.31 bits per heavy atom. The summed E-state index contributed by atoms with van der Waals surface area (Å²) in [4.78, 5) is 22.3. The van der Waals surface area contributed by atoms with Crippen LogP contribution >= 0.6 is 11.8 Å². The molecule has 0 amide bonds. The maximum atomic E-state index is 11.3. The molecule has 0 fully saturated rings. The summed E-state index contributed by atoms with van der Waals surface area (Å²) in [5.74, 6) is 1.20. The van der Waals surface area contributed by atoms with Crippen LogP contribution in [0.1, 0.15) is 19.1 Å². The number of thioether (sulfide) groups is 1. The van der Waals surface area contributed by atoms with E-state index in [1.807, 2.05) is 6.07 Å². The highest BCUT2D eigenvalue weighted by molar-refractivity contribution is 7.99. The minimum atomic E-state index is -0.453. The molecule has 1 heterocycles. The van der Waals surface area contributed by atoms with Crippen LogP contribution in [0.4, 0.5) is 0 Å². The summed E-state index contributed by atoms with van der Waals surface area (Å²) in [7, 11) is 0. The average Bonchev–Trinajstić information content (AvgIpc) is 2.70. The van der Waals surface area contributed by atoms with Crippen molar-refractivity contribution < 1.29 is 18.7 Å². The van der Waals surface area contributed by atoms with Crippen LogP contribution in [-0.2, 0) is 20.1 Å². The van der Waals surface area contributed by atoms with Crippen molar-refractivity contribution in [3.8, 4) is 0 Å². The predicted molar refractivity (Wildman–Crippen MR) is 61.1 cm³/mol. The van der Waals surface area contributed by atoms with Gasteiger partial charge in [-0.1, -0.05) is 0 Å². The molecule has 0 unspecified atom stereocenters. The zero-order valence-electron chi connectivity index (χ0n) is 9.10. The highest BCUT2D eigenvalue weighted by atomic mass is 32.2. The monoisotopic (exact) mass is 242 g/mol. The van der Waals surface area contributed by atoms with Gasteiger partial charge in [0.25, 0.3) is 0 Å². The number of ketones is 1. The van der Waals surface area contributed by atoms with Gasteiger partial charge in [-0.3, -0.25) is 9.59 Å². The largest absolute Gasteiger partial charge is 0.468 e. The molecule has 4 nitrogen and oxygen atoms in total. The van der Waals surface area contributed by atoms with Gasteiger partial charge in [0, 0.05) is 0 Å². The normalized spacial score (nSPS) is 10.1. The number of esters is 1. The molecule has 5 heteroatoms. The summed E-state index contributed by atoms with van der Waals surface area (Å²) >= 11 is 1.43. The van der Waals surface area contributed by atoms with E-state index < -0.39 is 5.97 Å². The number of furan rings is 1. The molecule has 1 aromatic rings. The molecule has 0 aliphatic heterocycles. The molecule has 0 saturated heterocycles. The first-order chi connectivity index (χ1) is 7.72. The van der Waals surface area contributed by atoms with E-state index in [1.165, 1.54) is 11.8 Å². The fourth-order valence-corrected chi connectivity index (χ4v) is 1.88. The summed E-state index contributed by atoms with van der Waals surface area (Å²) in [6.45, 7) is 2.03. The van der Waals surface area contributed by atoms with Gasteiger partial charge in [-0.25, -0.2) is 0 Å². The third-order valence-electron chi connectivity index (χ3n) is 1.73. The lowest BCUT2D eigenvalue weighted by Crippen LogP contribution is -2.12. The number of Topliss-reactive ketones (excluding diaryl/α,β-unsaturated/α-hetero) is 1. The van der Waals surface area contributed by atoms with Crippen LogP contribution in [0.3, 0.4) is 0 Å². The van der Waals surface area contributed by atoms with Gasteiger partial charge >= 0.3 is 5.97 Å². The molecule has 16 heavy (non-hydrogen) atoms. The van der Waals surface area contributed by atoms with Gasteiger partial charge < -0.3 is 9.15 Å². The summed E-state index contributed by atoms with van der Waals surface area (Å²) in [5.41, 5.74) is 0. The molecule has 0 bridgehead atoms. The van der Waals surface area contributed by atoms with Crippen molar-refractivity contribution in [2.24, 2.45) is 0 Å². The highest BCUT2D eigenvalue weighted by Gasteiger charge is 2.10. The molecule has 0 aromatic carbocycles. The predicted octanol–water partition coefficient (Wildman–Crippen LogP) is 2.04. The van der Waals surface area contributed by atoms with Crippen LogP contribution in [0.2, 0.25) is 0 Å². The molecule has 88 valence electrons.